The maximum Gasteiger partial charge on any atom is 0.00978 e. The monoisotopic (exact) mass is 183 g/mol. The fourth-order valence-corrected chi connectivity index (χ4v) is 2.26. The highest BCUT2D eigenvalue weighted by molar-refractivity contribution is 4.91. The standard InChI is InChI=1S/C12H25N/c1-4-6-7-8-12(13-5-2)11-9-10(11)3/h10-13H,4-9H2,1-3H3. The third kappa shape index (κ3) is 3.68. The molecule has 0 saturated heterocycles. The number of hydrogen-bond acceptors (Lipinski definition) is 1. The molecule has 1 heteroatoms. The summed E-state index contributed by atoms with van der Waals surface area (Å²) in [6.45, 7) is 8.02. The smallest absolute Gasteiger partial charge is 0.00978 e. The molecule has 1 rings (SSSR count). The zero-order valence-electron chi connectivity index (χ0n) is 9.47. The van der Waals surface area contributed by atoms with E-state index in [0.29, 0.717) is 0 Å². The average molecular weight is 183 g/mol. The van der Waals surface area contributed by atoms with Gasteiger partial charge in [-0.1, -0.05) is 40.0 Å². The lowest BCUT2D eigenvalue weighted by molar-refractivity contribution is 0.414. The number of unbranched alkanes of at least 4 members (excludes halogenated alkanes) is 2. The van der Waals surface area contributed by atoms with Crippen LogP contribution in [0.1, 0.15) is 52.9 Å². The van der Waals surface area contributed by atoms with E-state index in [9.17, 15) is 0 Å². The van der Waals surface area contributed by atoms with E-state index in [2.05, 4.69) is 26.1 Å². The fourth-order valence-electron chi connectivity index (χ4n) is 2.26. The van der Waals surface area contributed by atoms with Crippen molar-refractivity contribution in [2.24, 2.45) is 11.8 Å². The van der Waals surface area contributed by atoms with Crippen molar-refractivity contribution in [3.63, 3.8) is 0 Å². The van der Waals surface area contributed by atoms with Crippen LogP contribution in [0, 0.1) is 11.8 Å². The largest absolute Gasteiger partial charge is 0.314 e. The molecule has 1 N–H and O–H groups in total. The summed E-state index contributed by atoms with van der Waals surface area (Å²) in [6.07, 6.45) is 7.03. The van der Waals surface area contributed by atoms with Crippen LogP contribution >= 0.6 is 0 Å². The number of nitrogens with one attached hydrogen (secondary N) is 1. The van der Waals surface area contributed by atoms with Crippen molar-refractivity contribution in [2.75, 3.05) is 6.54 Å². The lowest BCUT2D eigenvalue weighted by atomic mass is 10.0. The van der Waals surface area contributed by atoms with Gasteiger partial charge in [-0.2, -0.15) is 0 Å². The molecule has 1 fully saturated rings. The van der Waals surface area contributed by atoms with Crippen molar-refractivity contribution < 1.29 is 0 Å². The van der Waals surface area contributed by atoms with Crippen LogP contribution in [-0.4, -0.2) is 12.6 Å². The maximum atomic E-state index is 3.63. The molecule has 3 atom stereocenters. The summed E-state index contributed by atoms with van der Waals surface area (Å²) < 4.78 is 0. The summed E-state index contributed by atoms with van der Waals surface area (Å²) in [6, 6.07) is 0.826. The molecular weight excluding hydrogens is 158 g/mol. The first-order valence-corrected chi connectivity index (χ1v) is 6.03. The highest BCUT2D eigenvalue weighted by Crippen LogP contribution is 2.41. The van der Waals surface area contributed by atoms with E-state index >= 15 is 0 Å². The van der Waals surface area contributed by atoms with Crippen molar-refractivity contribution in [3.8, 4) is 0 Å². The van der Waals surface area contributed by atoms with Crippen LogP contribution in [0.4, 0.5) is 0 Å². The van der Waals surface area contributed by atoms with Crippen molar-refractivity contribution in [3.05, 3.63) is 0 Å². The molecule has 0 radical (unpaired) electrons. The van der Waals surface area contributed by atoms with Gasteiger partial charge in [0.2, 0.25) is 0 Å². The molecule has 78 valence electrons. The van der Waals surface area contributed by atoms with Crippen LogP contribution in [-0.2, 0) is 0 Å². The molecule has 0 aromatic rings. The van der Waals surface area contributed by atoms with E-state index < -0.39 is 0 Å². The second-order valence-corrected chi connectivity index (χ2v) is 4.54. The Kier molecular flexibility index (Phi) is 4.79. The van der Waals surface area contributed by atoms with E-state index in [1.165, 1.54) is 32.1 Å². The molecule has 0 aromatic carbocycles. The molecule has 0 heterocycles. The van der Waals surface area contributed by atoms with Crippen molar-refractivity contribution in [1.29, 1.82) is 0 Å². The molecular formula is C12H25N. The number of hydrogen-bond donors (Lipinski definition) is 1. The molecule has 0 amide bonds. The molecule has 0 spiro atoms. The van der Waals surface area contributed by atoms with Crippen LogP contribution in [0.2, 0.25) is 0 Å². The topological polar surface area (TPSA) is 12.0 Å². The van der Waals surface area contributed by atoms with E-state index in [4.69, 9.17) is 0 Å². The number of rotatable bonds is 7. The Bertz CT molecular complexity index is 133. The summed E-state index contributed by atoms with van der Waals surface area (Å²) in [5.41, 5.74) is 0. The predicted octanol–water partition coefficient (Wildman–Crippen LogP) is 3.20. The van der Waals surface area contributed by atoms with E-state index in [1.54, 1.807) is 0 Å². The minimum atomic E-state index is 0.826. The highest BCUT2D eigenvalue weighted by atomic mass is 14.9. The average Bonchev–Trinajstić information content (AvgIpc) is 2.82. The Morgan fingerprint density at radius 1 is 1.31 bits per heavy atom. The molecule has 0 aliphatic heterocycles. The predicted molar refractivity (Wildman–Crippen MR) is 58.9 cm³/mol. The van der Waals surface area contributed by atoms with Gasteiger partial charge in [-0.25, -0.2) is 0 Å². The maximum absolute atomic E-state index is 3.63. The summed E-state index contributed by atoms with van der Waals surface area (Å²) in [7, 11) is 0. The summed E-state index contributed by atoms with van der Waals surface area (Å²) >= 11 is 0. The quantitative estimate of drug-likeness (QED) is 0.598. The van der Waals surface area contributed by atoms with Gasteiger partial charge >= 0.3 is 0 Å². The van der Waals surface area contributed by atoms with Crippen molar-refractivity contribution in [2.45, 2.75) is 58.9 Å². The van der Waals surface area contributed by atoms with Gasteiger partial charge in [-0.15, -0.1) is 0 Å². The first kappa shape index (κ1) is 11.0. The first-order chi connectivity index (χ1) is 6.29. The Morgan fingerprint density at radius 2 is 2.00 bits per heavy atom. The van der Waals surface area contributed by atoms with Gasteiger partial charge in [0.15, 0.2) is 0 Å². The van der Waals surface area contributed by atoms with Gasteiger partial charge in [-0.3, -0.25) is 0 Å². The Morgan fingerprint density at radius 3 is 2.46 bits per heavy atom. The molecule has 1 saturated carbocycles. The lowest BCUT2D eigenvalue weighted by Gasteiger charge is -2.17. The molecule has 0 aromatic heterocycles. The minimum Gasteiger partial charge on any atom is -0.314 e. The van der Waals surface area contributed by atoms with Gasteiger partial charge in [0, 0.05) is 6.04 Å². The molecule has 1 aliphatic rings. The normalized spacial score (nSPS) is 28.8. The van der Waals surface area contributed by atoms with Crippen LogP contribution in [0.25, 0.3) is 0 Å². The Balaban J connectivity index is 2.14. The Labute approximate surface area is 83.3 Å². The zero-order valence-corrected chi connectivity index (χ0v) is 9.47. The van der Waals surface area contributed by atoms with Crippen molar-refractivity contribution >= 4 is 0 Å². The Hall–Kier alpha value is -0.0400. The fraction of sp³-hybridized carbons (Fsp3) is 1.00. The second kappa shape index (κ2) is 5.64. The van der Waals surface area contributed by atoms with E-state index in [1.807, 2.05) is 0 Å². The van der Waals surface area contributed by atoms with E-state index in [-0.39, 0.29) is 0 Å². The molecule has 1 nitrogen and oxygen atoms in total. The third-order valence-corrected chi connectivity index (χ3v) is 3.27. The lowest BCUT2D eigenvalue weighted by Crippen LogP contribution is -2.31. The van der Waals surface area contributed by atoms with Crippen LogP contribution in [0.5, 0.6) is 0 Å². The van der Waals surface area contributed by atoms with Gasteiger partial charge in [0.25, 0.3) is 0 Å². The molecule has 0 bridgehead atoms. The highest BCUT2D eigenvalue weighted by Gasteiger charge is 2.38. The molecule has 1 aliphatic carbocycles. The molecule has 13 heavy (non-hydrogen) atoms. The second-order valence-electron chi connectivity index (χ2n) is 4.54. The summed E-state index contributed by atoms with van der Waals surface area (Å²) in [5, 5.41) is 3.63. The third-order valence-electron chi connectivity index (χ3n) is 3.27. The van der Waals surface area contributed by atoms with Crippen LogP contribution in [0.15, 0.2) is 0 Å². The SMILES string of the molecule is CCCCCC(NCC)C1CC1C. The van der Waals surface area contributed by atoms with Gasteiger partial charge in [0.05, 0.1) is 0 Å². The summed E-state index contributed by atoms with van der Waals surface area (Å²) in [5.74, 6) is 1.99. The summed E-state index contributed by atoms with van der Waals surface area (Å²) in [4.78, 5) is 0. The zero-order chi connectivity index (χ0) is 9.68. The van der Waals surface area contributed by atoms with Crippen molar-refractivity contribution in [1.82, 2.24) is 5.32 Å². The van der Waals surface area contributed by atoms with Gasteiger partial charge < -0.3 is 5.32 Å². The minimum absolute atomic E-state index is 0.826. The van der Waals surface area contributed by atoms with Crippen LogP contribution in [0.3, 0.4) is 0 Å². The van der Waals surface area contributed by atoms with Crippen LogP contribution < -0.4 is 5.32 Å². The van der Waals surface area contributed by atoms with Gasteiger partial charge in [-0.05, 0) is 31.2 Å². The van der Waals surface area contributed by atoms with Gasteiger partial charge in [0.1, 0.15) is 0 Å². The van der Waals surface area contributed by atoms with E-state index in [0.717, 1.165) is 24.4 Å². The molecule has 3 unspecified atom stereocenters. The first-order valence-electron chi connectivity index (χ1n) is 6.03.